The lowest BCUT2D eigenvalue weighted by Crippen LogP contribution is -2.44. The zero-order valence-corrected chi connectivity index (χ0v) is 11.5. The lowest BCUT2D eigenvalue weighted by Gasteiger charge is -2.28. The highest BCUT2D eigenvalue weighted by Gasteiger charge is 2.17. The number of rotatable bonds is 4. The zero-order valence-electron chi connectivity index (χ0n) is 11.5. The summed E-state index contributed by atoms with van der Waals surface area (Å²) in [5.41, 5.74) is 0.846. The van der Waals surface area contributed by atoms with Gasteiger partial charge in [-0.2, -0.15) is 0 Å². The van der Waals surface area contributed by atoms with Crippen molar-refractivity contribution in [1.29, 1.82) is 0 Å². The standard InChI is InChI=1S/C14H21F2N3/c1-18(2)14-11(12(15)3-4-13(14)16)5-8-19-9-6-17-7-10-19/h3-4,17H,5-10H2,1-2H3. The summed E-state index contributed by atoms with van der Waals surface area (Å²) in [5.74, 6) is -0.679. The largest absolute Gasteiger partial charge is 0.375 e. The van der Waals surface area contributed by atoms with Crippen LogP contribution in [0.25, 0.3) is 0 Å². The minimum atomic E-state index is -0.360. The molecule has 1 N–H and O–H groups in total. The van der Waals surface area contributed by atoms with E-state index in [2.05, 4.69) is 10.2 Å². The Labute approximate surface area is 113 Å². The van der Waals surface area contributed by atoms with E-state index in [-0.39, 0.29) is 11.6 Å². The Balaban J connectivity index is 2.12. The number of piperazine rings is 1. The van der Waals surface area contributed by atoms with Crippen LogP contribution in [0.1, 0.15) is 5.56 Å². The van der Waals surface area contributed by atoms with Crippen molar-refractivity contribution in [2.75, 3.05) is 51.7 Å². The normalized spacial score (nSPS) is 16.6. The highest BCUT2D eigenvalue weighted by atomic mass is 19.1. The molecule has 1 heterocycles. The van der Waals surface area contributed by atoms with Gasteiger partial charge in [-0.3, -0.25) is 0 Å². The number of nitrogens with zero attached hydrogens (tertiary/aromatic N) is 2. The molecular weight excluding hydrogens is 248 g/mol. The zero-order chi connectivity index (χ0) is 13.8. The van der Waals surface area contributed by atoms with Gasteiger partial charge in [0.15, 0.2) is 0 Å². The summed E-state index contributed by atoms with van der Waals surface area (Å²) in [7, 11) is 3.48. The summed E-state index contributed by atoms with van der Waals surface area (Å²) < 4.78 is 27.7. The lowest BCUT2D eigenvalue weighted by molar-refractivity contribution is 0.243. The van der Waals surface area contributed by atoms with Gasteiger partial charge in [0, 0.05) is 52.4 Å². The molecule has 106 valence electrons. The van der Waals surface area contributed by atoms with Crippen molar-refractivity contribution in [2.24, 2.45) is 0 Å². The second-order valence-corrected chi connectivity index (χ2v) is 5.09. The summed E-state index contributed by atoms with van der Waals surface area (Å²) in [4.78, 5) is 3.92. The van der Waals surface area contributed by atoms with Gasteiger partial charge >= 0.3 is 0 Å². The Morgan fingerprint density at radius 2 is 1.79 bits per heavy atom. The molecule has 3 nitrogen and oxygen atoms in total. The van der Waals surface area contributed by atoms with Gasteiger partial charge in [0.25, 0.3) is 0 Å². The third-order valence-corrected chi connectivity index (χ3v) is 3.51. The molecule has 0 atom stereocenters. The van der Waals surface area contributed by atoms with Crippen LogP contribution in [-0.4, -0.2) is 51.7 Å². The van der Waals surface area contributed by atoms with Crippen molar-refractivity contribution in [3.05, 3.63) is 29.3 Å². The van der Waals surface area contributed by atoms with Gasteiger partial charge in [0.2, 0.25) is 0 Å². The number of benzene rings is 1. The van der Waals surface area contributed by atoms with Crippen molar-refractivity contribution < 1.29 is 8.78 Å². The Kier molecular flexibility index (Phi) is 4.71. The summed E-state index contributed by atoms with van der Waals surface area (Å²) in [6, 6.07) is 2.41. The fraction of sp³-hybridized carbons (Fsp3) is 0.571. The van der Waals surface area contributed by atoms with Crippen molar-refractivity contribution in [3.63, 3.8) is 0 Å². The van der Waals surface area contributed by atoms with Gasteiger partial charge in [-0.05, 0) is 18.6 Å². The number of nitrogens with one attached hydrogen (secondary N) is 1. The second kappa shape index (κ2) is 6.30. The predicted octanol–water partition coefficient (Wildman–Crippen LogP) is 1.48. The van der Waals surface area contributed by atoms with E-state index < -0.39 is 0 Å². The first-order chi connectivity index (χ1) is 9.09. The molecule has 0 amide bonds. The van der Waals surface area contributed by atoms with Crippen molar-refractivity contribution in [2.45, 2.75) is 6.42 Å². The first-order valence-corrected chi connectivity index (χ1v) is 6.67. The maximum atomic E-state index is 13.9. The minimum absolute atomic E-state index is 0.319. The van der Waals surface area contributed by atoms with Crippen LogP contribution < -0.4 is 10.2 Å². The van der Waals surface area contributed by atoms with E-state index in [1.165, 1.54) is 12.1 Å². The molecule has 5 heteroatoms. The van der Waals surface area contributed by atoms with E-state index >= 15 is 0 Å². The molecule has 1 aromatic carbocycles. The average molecular weight is 269 g/mol. The van der Waals surface area contributed by atoms with E-state index in [9.17, 15) is 8.78 Å². The summed E-state index contributed by atoms with van der Waals surface area (Å²) >= 11 is 0. The molecule has 1 aliphatic rings. The highest BCUT2D eigenvalue weighted by molar-refractivity contribution is 5.54. The molecule has 0 unspecified atom stereocenters. The smallest absolute Gasteiger partial charge is 0.146 e. The average Bonchev–Trinajstić information content (AvgIpc) is 2.40. The van der Waals surface area contributed by atoms with E-state index in [4.69, 9.17) is 0 Å². The van der Waals surface area contributed by atoms with Crippen LogP contribution in [0.15, 0.2) is 12.1 Å². The maximum Gasteiger partial charge on any atom is 0.146 e. The molecule has 19 heavy (non-hydrogen) atoms. The Morgan fingerprint density at radius 3 is 2.42 bits per heavy atom. The minimum Gasteiger partial charge on any atom is -0.375 e. The van der Waals surface area contributed by atoms with Crippen LogP contribution in [0, 0.1) is 11.6 Å². The molecule has 1 saturated heterocycles. The topological polar surface area (TPSA) is 18.5 Å². The lowest BCUT2D eigenvalue weighted by atomic mass is 10.1. The highest BCUT2D eigenvalue weighted by Crippen LogP contribution is 2.26. The number of anilines is 1. The van der Waals surface area contributed by atoms with Crippen molar-refractivity contribution in [1.82, 2.24) is 10.2 Å². The van der Waals surface area contributed by atoms with Crippen LogP contribution in [0.5, 0.6) is 0 Å². The van der Waals surface area contributed by atoms with Gasteiger partial charge in [0.1, 0.15) is 11.6 Å². The van der Waals surface area contributed by atoms with Crippen LogP contribution >= 0.6 is 0 Å². The molecular formula is C14H21F2N3. The van der Waals surface area contributed by atoms with Gasteiger partial charge < -0.3 is 15.1 Å². The molecule has 0 radical (unpaired) electrons. The molecule has 0 bridgehead atoms. The Bertz CT molecular complexity index is 429. The predicted molar refractivity (Wildman–Crippen MR) is 73.7 cm³/mol. The molecule has 0 aromatic heterocycles. The number of hydrogen-bond donors (Lipinski definition) is 1. The molecule has 0 aliphatic carbocycles. The van der Waals surface area contributed by atoms with Crippen molar-refractivity contribution in [3.8, 4) is 0 Å². The van der Waals surface area contributed by atoms with Crippen LogP contribution in [0.4, 0.5) is 14.5 Å². The van der Waals surface area contributed by atoms with Crippen LogP contribution in [0.3, 0.4) is 0 Å². The van der Waals surface area contributed by atoms with Gasteiger partial charge in [-0.25, -0.2) is 8.78 Å². The second-order valence-electron chi connectivity index (χ2n) is 5.09. The Morgan fingerprint density at radius 1 is 1.16 bits per heavy atom. The van der Waals surface area contributed by atoms with E-state index in [0.717, 1.165) is 32.7 Å². The quantitative estimate of drug-likeness (QED) is 0.893. The van der Waals surface area contributed by atoms with Crippen LogP contribution in [-0.2, 0) is 6.42 Å². The fourth-order valence-electron chi connectivity index (χ4n) is 2.51. The first kappa shape index (κ1) is 14.2. The third-order valence-electron chi connectivity index (χ3n) is 3.51. The monoisotopic (exact) mass is 269 g/mol. The Hall–Kier alpha value is -1.20. The van der Waals surface area contributed by atoms with E-state index in [0.29, 0.717) is 17.7 Å². The van der Waals surface area contributed by atoms with Crippen molar-refractivity contribution >= 4 is 5.69 Å². The maximum absolute atomic E-state index is 13.9. The van der Waals surface area contributed by atoms with Gasteiger partial charge in [-0.1, -0.05) is 0 Å². The molecule has 0 spiro atoms. The number of halogens is 2. The van der Waals surface area contributed by atoms with E-state index in [1.54, 1.807) is 19.0 Å². The van der Waals surface area contributed by atoms with Crippen LogP contribution in [0.2, 0.25) is 0 Å². The number of hydrogen-bond acceptors (Lipinski definition) is 3. The molecule has 1 aliphatic heterocycles. The summed E-state index contributed by atoms with van der Waals surface area (Å²) in [6.07, 6.45) is 0.539. The summed E-state index contributed by atoms with van der Waals surface area (Å²) in [6.45, 7) is 4.63. The fourth-order valence-corrected chi connectivity index (χ4v) is 2.51. The molecule has 2 rings (SSSR count). The van der Waals surface area contributed by atoms with E-state index in [1.807, 2.05) is 0 Å². The summed E-state index contributed by atoms with van der Waals surface area (Å²) in [5, 5.41) is 3.28. The SMILES string of the molecule is CN(C)c1c(F)ccc(F)c1CCN1CCNCC1. The first-order valence-electron chi connectivity index (χ1n) is 6.67. The van der Waals surface area contributed by atoms with Gasteiger partial charge in [-0.15, -0.1) is 0 Å². The van der Waals surface area contributed by atoms with Gasteiger partial charge in [0.05, 0.1) is 5.69 Å². The third kappa shape index (κ3) is 3.42. The molecule has 1 fully saturated rings. The molecule has 0 saturated carbocycles. The molecule has 1 aromatic rings.